The quantitative estimate of drug-likeness (QED) is 0.409. The summed E-state index contributed by atoms with van der Waals surface area (Å²) in [6.07, 6.45) is 9.41. The Hall–Kier alpha value is -3.54. The van der Waals surface area contributed by atoms with E-state index in [-0.39, 0.29) is 11.8 Å². The highest BCUT2D eigenvalue weighted by Gasteiger charge is 2.51. The van der Waals surface area contributed by atoms with E-state index in [2.05, 4.69) is 23.5 Å². The Balaban J connectivity index is 1.44. The van der Waals surface area contributed by atoms with Gasteiger partial charge in [0.1, 0.15) is 5.54 Å². The van der Waals surface area contributed by atoms with E-state index in [4.69, 9.17) is 11.6 Å². The molecule has 1 heterocycles. The molecular formula is C30H23ClN2O2S. The number of nitrogens with one attached hydrogen (secondary N) is 1. The highest BCUT2D eigenvalue weighted by Crippen LogP contribution is 2.45. The topological polar surface area (TPSA) is 49.4 Å². The van der Waals surface area contributed by atoms with Crippen LogP contribution >= 0.6 is 23.4 Å². The van der Waals surface area contributed by atoms with Crippen molar-refractivity contribution < 1.29 is 9.59 Å². The van der Waals surface area contributed by atoms with Crippen molar-refractivity contribution in [2.45, 2.75) is 34.7 Å². The summed E-state index contributed by atoms with van der Waals surface area (Å²) in [7, 11) is 0. The van der Waals surface area contributed by atoms with Gasteiger partial charge in [0.2, 0.25) is 0 Å². The summed E-state index contributed by atoms with van der Waals surface area (Å²) < 4.78 is 0. The predicted molar refractivity (Wildman–Crippen MR) is 144 cm³/mol. The van der Waals surface area contributed by atoms with Crippen LogP contribution in [-0.2, 0) is 11.3 Å². The van der Waals surface area contributed by atoms with E-state index in [1.165, 1.54) is 0 Å². The molecule has 3 aromatic rings. The Morgan fingerprint density at radius 3 is 2.56 bits per heavy atom. The largest absolute Gasteiger partial charge is 0.323 e. The van der Waals surface area contributed by atoms with E-state index in [0.29, 0.717) is 29.2 Å². The summed E-state index contributed by atoms with van der Waals surface area (Å²) in [6.45, 7) is 0.307. The molecule has 0 saturated carbocycles. The number of fused-ring (bicyclic) bond motifs is 2. The van der Waals surface area contributed by atoms with Gasteiger partial charge >= 0.3 is 0 Å². The van der Waals surface area contributed by atoms with Gasteiger partial charge in [0, 0.05) is 27.8 Å². The lowest BCUT2D eigenvalue weighted by atomic mass is 9.92. The van der Waals surface area contributed by atoms with Crippen LogP contribution in [0.2, 0.25) is 5.02 Å². The summed E-state index contributed by atoms with van der Waals surface area (Å²) >= 11 is 7.70. The third-order valence-corrected chi connectivity index (χ3v) is 8.30. The fourth-order valence-corrected chi connectivity index (χ4v) is 6.16. The molecule has 6 rings (SSSR count). The molecule has 0 fully saturated rings. The number of allylic oxidation sites excluding steroid dienone is 4. The molecule has 3 aliphatic rings. The second-order valence-corrected chi connectivity index (χ2v) is 10.7. The zero-order valence-corrected chi connectivity index (χ0v) is 21.0. The molecule has 0 bridgehead atoms. The molecular weight excluding hydrogens is 488 g/mol. The minimum atomic E-state index is -1.10. The summed E-state index contributed by atoms with van der Waals surface area (Å²) in [6, 6.07) is 23.0. The van der Waals surface area contributed by atoms with E-state index in [0.717, 1.165) is 32.9 Å². The molecule has 0 radical (unpaired) electrons. The van der Waals surface area contributed by atoms with Crippen LogP contribution in [0.5, 0.6) is 0 Å². The maximum Gasteiger partial charge on any atom is 0.257 e. The molecule has 0 saturated heterocycles. The molecule has 1 N–H and O–H groups in total. The van der Waals surface area contributed by atoms with Crippen molar-refractivity contribution >= 4 is 40.9 Å². The first-order valence-electron chi connectivity index (χ1n) is 11.9. The summed E-state index contributed by atoms with van der Waals surface area (Å²) in [5, 5.41) is 3.75. The number of nitrogens with zero attached hydrogens (tertiary/aromatic N) is 1. The molecule has 36 heavy (non-hydrogen) atoms. The number of benzene rings is 3. The highest BCUT2D eigenvalue weighted by atomic mass is 35.5. The van der Waals surface area contributed by atoms with E-state index in [1.807, 2.05) is 66.7 Å². The second-order valence-electron chi connectivity index (χ2n) is 9.15. The van der Waals surface area contributed by atoms with Crippen molar-refractivity contribution in [1.29, 1.82) is 0 Å². The van der Waals surface area contributed by atoms with Crippen LogP contribution in [0.15, 0.2) is 118 Å². The van der Waals surface area contributed by atoms with Gasteiger partial charge in [-0.1, -0.05) is 71.9 Å². The minimum absolute atomic E-state index is 0.153. The van der Waals surface area contributed by atoms with Gasteiger partial charge in [-0.3, -0.25) is 9.59 Å². The van der Waals surface area contributed by atoms with Gasteiger partial charge in [-0.25, -0.2) is 0 Å². The Morgan fingerprint density at radius 2 is 1.72 bits per heavy atom. The molecule has 1 aliphatic heterocycles. The molecule has 1 atom stereocenters. The van der Waals surface area contributed by atoms with Crippen molar-refractivity contribution in [2.75, 3.05) is 5.32 Å². The van der Waals surface area contributed by atoms with Crippen molar-refractivity contribution in [3.05, 3.63) is 124 Å². The lowest BCUT2D eigenvalue weighted by Crippen LogP contribution is -2.55. The second kappa shape index (κ2) is 9.16. The van der Waals surface area contributed by atoms with Gasteiger partial charge in [-0.15, -0.1) is 0 Å². The highest BCUT2D eigenvalue weighted by molar-refractivity contribution is 7.99. The monoisotopic (exact) mass is 510 g/mol. The first-order valence-corrected chi connectivity index (χ1v) is 13.0. The molecule has 1 spiro atoms. The molecule has 178 valence electrons. The standard InChI is InChI=1S/C30H23ClN2O2S/c31-23-13-15-24(16-14-23)36-27-12-6-3-9-22(27)19-33-28(34)25-10-4-5-11-26(25)32-29(35)30(33)17-20-7-1-2-8-21(20)18-30/h1-7,9-16,18H,8,17,19H2,(H,32,35). The van der Waals surface area contributed by atoms with Crippen LogP contribution in [0.4, 0.5) is 5.69 Å². The van der Waals surface area contributed by atoms with Crippen LogP contribution < -0.4 is 5.32 Å². The summed E-state index contributed by atoms with van der Waals surface area (Å²) in [5.41, 5.74) is 3.17. The third-order valence-electron chi connectivity index (χ3n) is 6.92. The van der Waals surface area contributed by atoms with Gasteiger partial charge < -0.3 is 10.2 Å². The zero-order chi connectivity index (χ0) is 24.7. The maximum absolute atomic E-state index is 14.1. The van der Waals surface area contributed by atoms with Crippen LogP contribution in [-0.4, -0.2) is 22.3 Å². The number of para-hydroxylation sites is 1. The van der Waals surface area contributed by atoms with Gasteiger partial charge in [0.05, 0.1) is 11.3 Å². The van der Waals surface area contributed by atoms with Gasteiger partial charge in [0.15, 0.2) is 0 Å². The lowest BCUT2D eigenvalue weighted by molar-refractivity contribution is -0.124. The first-order chi connectivity index (χ1) is 17.5. The Morgan fingerprint density at radius 1 is 0.944 bits per heavy atom. The van der Waals surface area contributed by atoms with Crippen molar-refractivity contribution in [1.82, 2.24) is 4.90 Å². The van der Waals surface area contributed by atoms with Crippen molar-refractivity contribution in [3.63, 3.8) is 0 Å². The SMILES string of the molecule is O=C1c2ccccc2NC(=O)C2(C=C3CC=CC=C3C2)N1Cc1ccccc1Sc1ccc(Cl)cc1. The smallest absolute Gasteiger partial charge is 0.257 e. The minimum Gasteiger partial charge on any atom is -0.323 e. The molecule has 3 aromatic carbocycles. The average molecular weight is 511 g/mol. The Kier molecular flexibility index (Phi) is 5.82. The number of hydrogen-bond acceptors (Lipinski definition) is 3. The summed E-state index contributed by atoms with van der Waals surface area (Å²) in [5.74, 6) is -0.328. The number of rotatable bonds is 4. The van der Waals surface area contributed by atoms with Crippen LogP contribution in [0, 0.1) is 0 Å². The van der Waals surface area contributed by atoms with E-state index < -0.39 is 5.54 Å². The zero-order valence-electron chi connectivity index (χ0n) is 19.4. The fraction of sp³-hybridized carbons (Fsp3) is 0.133. The molecule has 2 amide bonds. The number of halogens is 1. The summed E-state index contributed by atoms with van der Waals surface area (Å²) in [4.78, 5) is 31.8. The van der Waals surface area contributed by atoms with Crippen molar-refractivity contribution in [3.8, 4) is 0 Å². The first kappa shape index (κ1) is 22.9. The number of hydrogen-bond donors (Lipinski definition) is 1. The average Bonchev–Trinajstić information content (AvgIpc) is 3.27. The van der Waals surface area contributed by atoms with E-state index >= 15 is 0 Å². The normalized spacial score (nSPS) is 20.4. The third kappa shape index (κ3) is 3.98. The number of carbonyl (C=O) groups is 2. The molecule has 1 unspecified atom stereocenters. The lowest BCUT2D eigenvalue weighted by Gasteiger charge is -2.37. The molecule has 0 aromatic heterocycles. The Bertz CT molecular complexity index is 1470. The predicted octanol–water partition coefficient (Wildman–Crippen LogP) is 7.04. The van der Waals surface area contributed by atoms with E-state index in [1.54, 1.807) is 28.8 Å². The molecule has 2 aliphatic carbocycles. The van der Waals surface area contributed by atoms with Gasteiger partial charge in [-0.05, 0) is 71.7 Å². The van der Waals surface area contributed by atoms with Gasteiger partial charge in [-0.2, -0.15) is 0 Å². The van der Waals surface area contributed by atoms with Crippen molar-refractivity contribution in [2.24, 2.45) is 0 Å². The Labute approximate surface area is 219 Å². The maximum atomic E-state index is 14.1. The van der Waals surface area contributed by atoms with E-state index in [9.17, 15) is 9.59 Å². The van der Waals surface area contributed by atoms with Gasteiger partial charge in [0.25, 0.3) is 11.8 Å². The molecule has 4 nitrogen and oxygen atoms in total. The molecule has 6 heteroatoms. The van der Waals surface area contributed by atoms with Crippen LogP contribution in [0.25, 0.3) is 0 Å². The fourth-order valence-electron chi connectivity index (χ4n) is 5.10. The van der Waals surface area contributed by atoms with Crippen LogP contribution in [0.1, 0.15) is 28.8 Å². The number of carbonyl (C=O) groups excluding carboxylic acids is 2. The number of amides is 2. The van der Waals surface area contributed by atoms with Crippen LogP contribution in [0.3, 0.4) is 0 Å². The number of anilines is 1.